The molecule has 2 nitrogen and oxygen atoms in total. The van der Waals surface area contributed by atoms with Gasteiger partial charge in [0, 0.05) is 6.04 Å². The fourth-order valence-electron chi connectivity index (χ4n) is 0.572. The Morgan fingerprint density at radius 3 is 2.57 bits per heavy atom. The molecule has 1 heterocycles. The van der Waals surface area contributed by atoms with Gasteiger partial charge >= 0.3 is 0 Å². The minimum atomic E-state index is 0.509. The predicted molar refractivity (Wildman–Crippen MR) is 27.7 cm³/mol. The Kier molecular flexibility index (Phi) is 0.929. The Bertz CT molecular complexity index is 98.3. The van der Waals surface area contributed by atoms with Gasteiger partial charge in [0.2, 0.25) is 0 Å². The lowest BCUT2D eigenvalue weighted by Gasteiger charge is -2.22. The van der Waals surface area contributed by atoms with Crippen LogP contribution in [0.4, 0.5) is 0 Å². The van der Waals surface area contributed by atoms with E-state index in [9.17, 15) is 0 Å². The highest BCUT2D eigenvalue weighted by Crippen LogP contribution is 2.05. The van der Waals surface area contributed by atoms with Crippen LogP contribution < -0.4 is 5.32 Å². The zero-order valence-electron chi connectivity index (χ0n) is 4.56. The smallest absolute Gasteiger partial charge is 0.184 e. The van der Waals surface area contributed by atoms with Gasteiger partial charge in [-0.05, 0) is 13.0 Å². The maximum Gasteiger partial charge on any atom is 0.184 e. The molecule has 0 saturated heterocycles. The lowest BCUT2D eigenvalue weighted by molar-refractivity contribution is 0.232. The molecule has 0 aromatic rings. The van der Waals surface area contributed by atoms with Crippen LogP contribution in [-0.2, 0) is 4.74 Å². The van der Waals surface area contributed by atoms with E-state index in [4.69, 9.17) is 4.74 Å². The largest absolute Gasteiger partial charge is 0.483 e. The van der Waals surface area contributed by atoms with Crippen LogP contribution in [0, 0.1) is 0 Å². The average molecular weight is 99.1 g/mol. The second-order valence-corrected chi connectivity index (χ2v) is 1.67. The summed E-state index contributed by atoms with van der Waals surface area (Å²) < 4.78 is 4.81. The van der Waals surface area contributed by atoms with Crippen molar-refractivity contribution in [3.63, 3.8) is 0 Å². The summed E-state index contributed by atoms with van der Waals surface area (Å²) in [4.78, 5) is 0. The van der Waals surface area contributed by atoms with E-state index in [1.807, 2.05) is 6.08 Å². The van der Waals surface area contributed by atoms with E-state index in [1.165, 1.54) is 0 Å². The molecule has 0 aliphatic carbocycles. The van der Waals surface area contributed by atoms with Crippen molar-refractivity contribution in [1.29, 1.82) is 0 Å². The summed E-state index contributed by atoms with van der Waals surface area (Å²) >= 11 is 0. The number of ether oxygens (including phenoxy) is 1. The second kappa shape index (κ2) is 1.45. The second-order valence-electron chi connectivity index (χ2n) is 1.67. The van der Waals surface area contributed by atoms with Crippen LogP contribution >= 0.6 is 0 Å². The van der Waals surface area contributed by atoms with E-state index in [-0.39, 0.29) is 0 Å². The zero-order valence-corrected chi connectivity index (χ0v) is 4.56. The summed E-state index contributed by atoms with van der Waals surface area (Å²) in [6.45, 7) is 2.07. The number of nitrogens with one attached hydrogen (secondary N) is 1. The van der Waals surface area contributed by atoms with Gasteiger partial charge in [-0.1, -0.05) is 0 Å². The van der Waals surface area contributed by atoms with Crippen molar-refractivity contribution in [3.05, 3.63) is 12.0 Å². The molecule has 1 rings (SSSR count). The minimum Gasteiger partial charge on any atom is -0.483 e. The van der Waals surface area contributed by atoms with E-state index in [0.29, 0.717) is 6.04 Å². The summed E-state index contributed by atoms with van der Waals surface area (Å²) in [5.74, 6) is 0.896. The van der Waals surface area contributed by atoms with Crippen molar-refractivity contribution in [3.8, 4) is 0 Å². The van der Waals surface area contributed by atoms with Crippen LogP contribution in [0.1, 0.15) is 6.92 Å². The third-order valence-electron chi connectivity index (χ3n) is 0.991. The Morgan fingerprint density at radius 1 is 1.86 bits per heavy atom. The SMILES string of the molecule is COC1=C[C@H](C)N1. The maximum atomic E-state index is 4.81. The van der Waals surface area contributed by atoms with Crippen LogP contribution in [-0.4, -0.2) is 13.2 Å². The van der Waals surface area contributed by atoms with Crippen molar-refractivity contribution in [2.24, 2.45) is 0 Å². The van der Waals surface area contributed by atoms with Crippen molar-refractivity contribution in [2.75, 3.05) is 7.11 Å². The number of hydrogen-bond donors (Lipinski definition) is 1. The summed E-state index contributed by atoms with van der Waals surface area (Å²) in [5.41, 5.74) is 0. The topological polar surface area (TPSA) is 21.3 Å². The van der Waals surface area contributed by atoms with Gasteiger partial charge in [0.25, 0.3) is 0 Å². The van der Waals surface area contributed by atoms with Gasteiger partial charge in [-0.3, -0.25) is 0 Å². The molecule has 0 fully saturated rings. The summed E-state index contributed by atoms with van der Waals surface area (Å²) in [6.07, 6.45) is 2.03. The Hall–Kier alpha value is -0.660. The standard InChI is InChI=1S/C5H9NO/c1-4-3-5(6-4)7-2/h3-4,6H,1-2H3/t4-/m0/s1. The van der Waals surface area contributed by atoms with Crippen LogP contribution in [0.25, 0.3) is 0 Å². The first-order valence-electron chi connectivity index (χ1n) is 2.35. The molecule has 1 aliphatic heterocycles. The van der Waals surface area contributed by atoms with Crippen LogP contribution in [0.5, 0.6) is 0 Å². The lowest BCUT2D eigenvalue weighted by atomic mass is 10.2. The molecular formula is C5H9NO. The molecule has 1 aliphatic rings. The molecule has 7 heavy (non-hydrogen) atoms. The van der Waals surface area contributed by atoms with E-state index in [1.54, 1.807) is 7.11 Å². The first-order chi connectivity index (χ1) is 3.33. The summed E-state index contributed by atoms with van der Waals surface area (Å²) in [6, 6.07) is 0.509. The zero-order chi connectivity index (χ0) is 5.28. The monoisotopic (exact) mass is 99.1 g/mol. The average Bonchev–Trinajstić information content (AvgIpc) is 1.58. The lowest BCUT2D eigenvalue weighted by Crippen LogP contribution is -2.34. The third kappa shape index (κ3) is 0.683. The van der Waals surface area contributed by atoms with Gasteiger partial charge in [0.05, 0.1) is 7.11 Å². The quantitative estimate of drug-likeness (QED) is 0.516. The molecule has 2 heteroatoms. The number of hydrogen-bond acceptors (Lipinski definition) is 2. The van der Waals surface area contributed by atoms with Gasteiger partial charge in [-0.2, -0.15) is 0 Å². The highest BCUT2D eigenvalue weighted by Gasteiger charge is 2.10. The molecule has 1 atom stereocenters. The fraction of sp³-hybridized carbons (Fsp3) is 0.600. The Morgan fingerprint density at radius 2 is 2.43 bits per heavy atom. The molecule has 0 aromatic heterocycles. The fourth-order valence-corrected chi connectivity index (χ4v) is 0.572. The summed E-state index contributed by atoms with van der Waals surface area (Å²) in [5, 5.41) is 3.03. The molecule has 0 saturated carbocycles. The normalized spacial score (nSPS) is 27.1. The van der Waals surface area contributed by atoms with Crippen LogP contribution in [0.2, 0.25) is 0 Å². The molecule has 0 unspecified atom stereocenters. The molecule has 1 N–H and O–H groups in total. The molecular weight excluding hydrogens is 90.1 g/mol. The van der Waals surface area contributed by atoms with E-state index >= 15 is 0 Å². The van der Waals surface area contributed by atoms with Crippen molar-refractivity contribution >= 4 is 0 Å². The maximum absolute atomic E-state index is 4.81. The number of rotatable bonds is 1. The molecule has 0 aromatic carbocycles. The highest BCUT2D eigenvalue weighted by atomic mass is 16.5. The van der Waals surface area contributed by atoms with E-state index < -0.39 is 0 Å². The first-order valence-corrected chi connectivity index (χ1v) is 2.35. The Balaban J connectivity index is 2.35. The van der Waals surface area contributed by atoms with Crippen LogP contribution in [0.3, 0.4) is 0 Å². The number of methoxy groups -OCH3 is 1. The van der Waals surface area contributed by atoms with Gasteiger partial charge in [-0.15, -0.1) is 0 Å². The predicted octanol–water partition coefficient (Wildman–Crippen LogP) is 0.466. The minimum absolute atomic E-state index is 0.509. The van der Waals surface area contributed by atoms with Gasteiger partial charge in [-0.25, -0.2) is 0 Å². The Labute approximate surface area is 43.2 Å². The van der Waals surface area contributed by atoms with Gasteiger partial charge < -0.3 is 10.1 Å². The van der Waals surface area contributed by atoms with E-state index in [0.717, 1.165) is 5.88 Å². The third-order valence-corrected chi connectivity index (χ3v) is 0.991. The van der Waals surface area contributed by atoms with E-state index in [2.05, 4.69) is 12.2 Å². The molecule has 0 radical (unpaired) electrons. The van der Waals surface area contributed by atoms with Gasteiger partial charge in [0.15, 0.2) is 5.88 Å². The van der Waals surface area contributed by atoms with Crippen molar-refractivity contribution < 1.29 is 4.74 Å². The van der Waals surface area contributed by atoms with Crippen molar-refractivity contribution in [1.82, 2.24) is 5.32 Å². The first kappa shape index (κ1) is 4.50. The molecule has 40 valence electrons. The van der Waals surface area contributed by atoms with Crippen molar-refractivity contribution in [2.45, 2.75) is 13.0 Å². The van der Waals surface area contributed by atoms with Gasteiger partial charge in [0.1, 0.15) is 0 Å². The molecule has 0 bridgehead atoms. The molecule has 0 spiro atoms. The summed E-state index contributed by atoms with van der Waals surface area (Å²) in [7, 11) is 1.66. The highest BCUT2D eigenvalue weighted by molar-refractivity contribution is 5.09. The molecule has 0 amide bonds. The van der Waals surface area contributed by atoms with Crippen LogP contribution in [0.15, 0.2) is 12.0 Å².